The highest BCUT2D eigenvalue weighted by Gasteiger charge is 2.32. The lowest BCUT2D eigenvalue weighted by Crippen LogP contribution is -2.26. The normalized spacial score (nSPS) is 20.7. The molecule has 0 radical (unpaired) electrons. The van der Waals surface area contributed by atoms with E-state index in [9.17, 15) is 13.2 Å². The Balaban J connectivity index is 1.19. The van der Waals surface area contributed by atoms with Crippen LogP contribution in [-0.2, 0) is 25.8 Å². The molecule has 0 saturated carbocycles. The minimum absolute atomic E-state index is 0.0574. The number of ether oxygens (including phenoxy) is 4. The zero-order valence-electron chi connectivity index (χ0n) is 24.8. The van der Waals surface area contributed by atoms with Gasteiger partial charge in [-0.2, -0.15) is 0 Å². The van der Waals surface area contributed by atoms with Crippen molar-refractivity contribution in [2.75, 3.05) is 31.8 Å². The zero-order valence-corrected chi connectivity index (χ0v) is 25.6. The molecule has 43 heavy (non-hydrogen) atoms. The molecule has 2 aliphatic heterocycles. The maximum Gasteiger partial charge on any atom is 0.306 e. The summed E-state index contributed by atoms with van der Waals surface area (Å²) in [5.74, 6) is 2.14. The van der Waals surface area contributed by atoms with Crippen LogP contribution in [0.5, 0.6) is 17.2 Å². The minimum Gasteiger partial charge on any atom is -0.493 e. The fraction of sp³-hybridized carbons (Fsp3) is 0.441. The first-order valence-corrected chi connectivity index (χ1v) is 16.7. The van der Waals surface area contributed by atoms with E-state index < -0.39 is 15.9 Å². The van der Waals surface area contributed by atoms with Crippen LogP contribution >= 0.6 is 0 Å². The molecule has 3 aromatic carbocycles. The molecule has 9 heteroatoms. The van der Waals surface area contributed by atoms with Crippen molar-refractivity contribution >= 4 is 15.8 Å². The van der Waals surface area contributed by atoms with Crippen molar-refractivity contribution in [2.45, 2.75) is 58.0 Å². The van der Waals surface area contributed by atoms with Gasteiger partial charge >= 0.3 is 5.97 Å². The molecule has 0 aromatic heterocycles. The highest BCUT2D eigenvalue weighted by atomic mass is 32.2. The minimum atomic E-state index is -2.90. The van der Waals surface area contributed by atoms with E-state index >= 15 is 4.39 Å². The molecular formula is C34H37FO7S. The number of esters is 1. The molecule has 3 aromatic rings. The third kappa shape index (κ3) is 6.09. The van der Waals surface area contributed by atoms with Crippen molar-refractivity contribution < 1.29 is 36.6 Å². The monoisotopic (exact) mass is 608 g/mol. The molecule has 2 atom stereocenters. The van der Waals surface area contributed by atoms with Crippen LogP contribution in [0.1, 0.15) is 65.5 Å². The average molecular weight is 609 g/mol. The summed E-state index contributed by atoms with van der Waals surface area (Å²) in [7, 11) is -1.52. The van der Waals surface area contributed by atoms with Crippen molar-refractivity contribution in [3.05, 3.63) is 76.1 Å². The van der Waals surface area contributed by atoms with Gasteiger partial charge in [-0.05, 0) is 97.5 Å². The second-order valence-corrected chi connectivity index (χ2v) is 14.3. The second kappa shape index (κ2) is 11.8. The van der Waals surface area contributed by atoms with Crippen LogP contribution in [0.25, 0.3) is 11.1 Å². The summed E-state index contributed by atoms with van der Waals surface area (Å²) in [5.41, 5.74) is 6.65. The molecule has 0 amide bonds. The van der Waals surface area contributed by atoms with E-state index in [0.717, 1.165) is 39.1 Å². The van der Waals surface area contributed by atoms with E-state index in [-0.39, 0.29) is 41.5 Å². The Bertz CT molecular complexity index is 1630. The summed E-state index contributed by atoms with van der Waals surface area (Å²) < 4.78 is 61.9. The van der Waals surface area contributed by atoms with Crippen molar-refractivity contribution in [3.8, 4) is 28.4 Å². The number of fused-ring (bicyclic) bond motifs is 2. The van der Waals surface area contributed by atoms with Crippen molar-refractivity contribution in [3.63, 3.8) is 0 Å². The van der Waals surface area contributed by atoms with Crippen LogP contribution in [0.15, 0.2) is 42.5 Å². The number of benzene rings is 3. The first kappa shape index (κ1) is 29.5. The van der Waals surface area contributed by atoms with Crippen LogP contribution in [-0.4, -0.2) is 46.2 Å². The molecule has 228 valence electrons. The van der Waals surface area contributed by atoms with E-state index in [1.165, 1.54) is 13.2 Å². The second-order valence-electron chi connectivity index (χ2n) is 12.0. The van der Waals surface area contributed by atoms with Gasteiger partial charge in [-0.25, -0.2) is 12.8 Å². The number of methoxy groups -OCH3 is 1. The molecule has 0 bridgehead atoms. The summed E-state index contributed by atoms with van der Waals surface area (Å²) in [6, 6.07) is 13.0. The number of sulfone groups is 1. The Kier molecular flexibility index (Phi) is 8.11. The summed E-state index contributed by atoms with van der Waals surface area (Å²) >= 11 is 0. The fourth-order valence-corrected chi connectivity index (χ4v) is 8.31. The Hall–Kier alpha value is -3.59. The quantitative estimate of drug-likeness (QED) is 0.273. The van der Waals surface area contributed by atoms with Crippen LogP contribution < -0.4 is 14.2 Å². The van der Waals surface area contributed by atoms with Gasteiger partial charge in [0.15, 0.2) is 0 Å². The van der Waals surface area contributed by atoms with Crippen LogP contribution in [0.2, 0.25) is 0 Å². The molecule has 2 heterocycles. The third-order valence-corrected chi connectivity index (χ3v) is 10.7. The van der Waals surface area contributed by atoms with Crippen molar-refractivity contribution in [1.82, 2.24) is 0 Å². The molecule has 6 rings (SSSR count). The molecule has 0 unspecified atom stereocenters. The number of rotatable bonds is 8. The van der Waals surface area contributed by atoms with Gasteiger partial charge in [0.25, 0.3) is 0 Å². The highest BCUT2D eigenvalue weighted by Crippen LogP contribution is 2.45. The Morgan fingerprint density at radius 3 is 2.47 bits per heavy atom. The lowest BCUT2D eigenvalue weighted by molar-refractivity contribution is -0.141. The number of hydrogen-bond donors (Lipinski definition) is 0. The van der Waals surface area contributed by atoms with E-state index in [1.54, 1.807) is 0 Å². The number of aryl methyl sites for hydroxylation is 2. The zero-order chi connectivity index (χ0) is 30.3. The van der Waals surface area contributed by atoms with E-state index in [4.69, 9.17) is 18.9 Å². The van der Waals surface area contributed by atoms with Gasteiger partial charge in [-0.1, -0.05) is 12.1 Å². The number of halogens is 1. The van der Waals surface area contributed by atoms with Crippen LogP contribution in [0.3, 0.4) is 0 Å². The maximum atomic E-state index is 15.3. The lowest BCUT2D eigenvalue weighted by Gasteiger charge is -2.23. The summed E-state index contributed by atoms with van der Waals surface area (Å²) in [6.07, 6.45) is 2.45. The van der Waals surface area contributed by atoms with Gasteiger partial charge in [0, 0.05) is 23.1 Å². The molecule has 1 aliphatic carbocycles. The molecule has 3 aliphatic rings. The van der Waals surface area contributed by atoms with Crippen molar-refractivity contribution in [1.29, 1.82) is 0 Å². The standard InChI is InChI=1S/C34H37FO7S/c1-20-14-25(40-18-22-10-12-43(37,38)13-11-22)15-21(2)33(20)27-6-8-29(35)34-28(27)7-9-30(34)42-24-4-5-26-23(16-32(36)39-3)19-41-31(26)17-24/h4-6,8,14-15,17,22-23,30H,7,9-13,16,18-19H2,1-3H3/t23-,30-/m1/s1. The molecule has 0 N–H and O–H groups in total. The fourth-order valence-electron chi connectivity index (χ4n) is 6.73. The Morgan fingerprint density at radius 2 is 1.74 bits per heavy atom. The summed E-state index contributed by atoms with van der Waals surface area (Å²) in [5, 5.41) is 0. The first-order chi connectivity index (χ1) is 20.6. The number of carbonyl (C=O) groups excluding carboxylic acids is 1. The van der Waals surface area contributed by atoms with Gasteiger partial charge in [-0.3, -0.25) is 4.79 Å². The highest BCUT2D eigenvalue weighted by molar-refractivity contribution is 7.91. The van der Waals surface area contributed by atoms with E-state index in [2.05, 4.69) is 0 Å². The van der Waals surface area contributed by atoms with Crippen molar-refractivity contribution in [2.24, 2.45) is 5.92 Å². The number of hydrogen-bond acceptors (Lipinski definition) is 7. The van der Waals surface area contributed by atoms with Gasteiger partial charge in [0.2, 0.25) is 0 Å². The Morgan fingerprint density at radius 1 is 1.00 bits per heavy atom. The topological polar surface area (TPSA) is 88.1 Å². The molecule has 1 fully saturated rings. The molecular weight excluding hydrogens is 571 g/mol. The predicted octanol–water partition coefficient (Wildman–Crippen LogP) is 6.42. The van der Waals surface area contributed by atoms with Gasteiger partial charge in [-0.15, -0.1) is 0 Å². The van der Waals surface area contributed by atoms with Gasteiger partial charge < -0.3 is 18.9 Å². The molecule has 0 spiro atoms. The predicted molar refractivity (Wildman–Crippen MR) is 161 cm³/mol. The third-order valence-electron chi connectivity index (χ3n) is 9.00. The van der Waals surface area contributed by atoms with Gasteiger partial charge in [0.1, 0.15) is 39.0 Å². The van der Waals surface area contributed by atoms with Crippen LogP contribution in [0.4, 0.5) is 4.39 Å². The first-order valence-electron chi connectivity index (χ1n) is 14.9. The Labute approximate surface area is 252 Å². The average Bonchev–Trinajstić information content (AvgIpc) is 3.58. The maximum absolute atomic E-state index is 15.3. The van der Waals surface area contributed by atoms with Crippen LogP contribution in [0, 0.1) is 25.6 Å². The molecule has 1 saturated heterocycles. The lowest BCUT2D eigenvalue weighted by atomic mass is 9.90. The summed E-state index contributed by atoms with van der Waals surface area (Å²) in [4.78, 5) is 11.8. The largest absolute Gasteiger partial charge is 0.493 e. The smallest absolute Gasteiger partial charge is 0.306 e. The number of carbonyl (C=O) groups is 1. The van der Waals surface area contributed by atoms with Gasteiger partial charge in [0.05, 0.1) is 38.3 Å². The summed E-state index contributed by atoms with van der Waals surface area (Å²) in [6.45, 7) is 4.99. The molecule has 7 nitrogen and oxygen atoms in total. The van der Waals surface area contributed by atoms with E-state index in [1.807, 2.05) is 50.2 Å². The SMILES string of the molecule is COC(=O)C[C@@H]1COc2cc(O[C@@H]3CCc4c(-c5c(C)cc(OCC6CCS(=O)(=O)CC6)cc5C)ccc(F)c43)ccc21. The van der Waals surface area contributed by atoms with E-state index in [0.29, 0.717) is 56.0 Å².